The van der Waals surface area contributed by atoms with Crippen LogP contribution in [-0.2, 0) is 21.3 Å². The monoisotopic (exact) mass is 447 g/mol. The zero-order valence-corrected chi connectivity index (χ0v) is 20.4. The van der Waals surface area contributed by atoms with Gasteiger partial charge in [-0.05, 0) is 61.9 Å². The van der Waals surface area contributed by atoms with Crippen LogP contribution in [0.4, 0.5) is 8.78 Å². The predicted octanol–water partition coefficient (Wildman–Crippen LogP) is 6.66. The number of likely N-dealkylation sites (N-methyl/N-ethyl adjacent to an activating group) is 1. The Bertz CT molecular complexity index is 854. The number of nitrogens with one attached hydrogen (secondary N) is 1. The summed E-state index contributed by atoms with van der Waals surface area (Å²) in [5.74, 6) is -0.287. The number of benzene rings is 2. The van der Waals surface area contributed by atoms with Gasteiger partial charge in [-0.15, -0.1) is 0 Å². The third kappa shape index (κ3) is 6.37. The normalized spacial score (nSPS) is 21.4. The van der Waals surface area contributed by atoms with E-state index in [4.69, 9.17) is 9.47 Å². The van der Waals surface area contributed by atoms with Gasteiger partial charge < -0.3 is 14.8 Å². The summed E-state index contributed by atoms with van der Waals surface area (Å²) in [4.78, 5) is 0. The van der Waals surface area contributed by atoms with Crippen LogP contribution in [0.1, 0.15) is 81.9 Å². The third-order valence-corrected chi connectivity index (χ3v) is 6.05. The SMILES string of the molecule is CC.CC1OCCC(C)(C)c2cccc(F)c21.CNC[C@@H]1OCCCc2cccc(F)c21. The van der Waals surface area contributed by atoms with E-state index in [1.165, 1.54) is 12.1 Å². The average molecular weight is 448 g/mol. The molecule has 2 aromatic carbocycles. The number of hydrogen-bond donors (Lipinski definition) is 1. The standard InChI is InChI=1S/C13H17FO.C12H16FNO.C2H6/c1-9-12-10(5-4-6-11(12)14)13(2,3)7-8-15-9;1-14-8-11-12-9(5-3-7-15-11)4-2-6-10(12)13;1-2/h4-6,9H,7-8H2,1-3H3;2,4,6,11,14H,3,5,7-8H2,1H3;1-2H3/t;11-;/m.0./s1. The van der Waals surface area contributed by atoms with Crippen LogP contribution in [0, 0.1) is 11.6 Å². The Balaban J connectivity index is 0.000000211. The quantitative estimate of drug-likeness (QED) is 0.558. The van der Waals surface area contributed by atoms with Crippen LogP contribution in [0.2, 0.25) is 0 Å². The van der Waals surface area contributed by atoms with Gasteiger partial charge in [0.05, 0.1) is 12.2 Å². The molecular weight excluding hydrogens is 408 g/mol. The first kappa shape index (κ1) is 26.4. The smallest absolute Gasteiger partial charge is 0.129 e. The molecule has 32 heavy (non-hydrogen) atoms. The van der Waals surface area contributed by atoms with Crippen molar-refractivity contribution in [2.75, 3.05) is 26.8 Å². The number of fused-ring (bicyclic) bond motifs is 2. The highest BCUT2D eigenvalue weighted by Crippen LogP contribution is 2.38. The van der Waals surface area contributed by atoms with Crippen LogP contribution in [0.15, 0.2) is 36.4 Å². The van der Waals surface area contributed by atoms with Crippen LogP contribution in [-0.4, -0.2) is 26.8 Å². The van der Waals surface area contributed by atoms with Crippen molar-refractivity contribution in [3.63, 3.8) is 0 Å². The Kier molecular flexibility index (Phi) is 10.3. The zero-order valence-electron chi connectivity index (χ0n) is 20.4. The molecule has 0 aromatic heterocycles. The first-order valence-corrected chi connectivity index (χ1v) is 11.8. The largest absolute Gasteiger partial charge is 0.374 e. The number of halogens is 2. The van der Waals surface area contributed by atoms with E-state index in [-0.39, 0.29) is 29.3 Å². The van der Waals surface area contributed by atoms with Gasteiger partial charge in [0.25, 0.3) is 0 Å². The molecule has 2 aliphatic rings. The van der Waals surface area contributed by atoms with Crippen molar-refractivity contribution >= 4 is 0 Å². The van der Waals surface area contributed by atoms with Crippen LogP contribution in [0.3, 0.4) is 0 Å². The van der Waals surface area contributed by atoms with E-state index in [9.17, 15) is 8.78 Å². The van der Waals surface area contributed by atoms with Crippen molar-refractivity contribution in [2.45, 2.75) is 71.5 Å². The molecule has 2 atom stereocenters. The van der Waals surface area contributed by atoms with Gasteiger partial charge in [-0.25, -0.2) is 8.78 Å². The van der Waals surface area contributed by atoms with E-state index in [2.05, 4.69) is 19.2 Å². The molecule has 0 amide bonds. The van der Waals surface area contributed by atoms with Gasteiger partial charge in [0.15, 0.2) is 0 Å². The predicted molar refractivity (Wildman–Crippen MR) is 127 cm³/mol. The second kappa shape index (κ2) is 12.4. The number of ether oxygens (including phenoxy) is 2. The van der Waals surface area contributed by atoms with E-state index in [1.807, 2.05) is 40.0 Å². The topological polar surface area (TPSA) is 30.5 Å². The van der Waals surface area contributed by atoms with Crippen molar-refractivity contribution in [3.8, 4) is 0 Å². The van der Waals surface area contributed by atoms with Crippen molar-refractivity contribution in [2.24, 2.45) is 0 Å². The minimum Gasteiger partial charge on any atom is -0.374 e. The molecule has 0 spiro atoms. The molecule has 2 aliphatic heterocycles. The Morgan fingerprint density at radius 3 is 2.31 bits per heavy atom. The molecule has 0 saturated carbocycles. The van der Waals surface area contributed by atoms with Crippen LogP contribution < -0.4 is 5.32 Å². The summed E-state index contributed by atoms with van der Waals surface area (Å²) in [6, 6.07) is 10.6. The van der Waals surface area contributed by atoms with Crippen LogP contribution in [0.5, 0.6) is 0 Å². The maximum absolute atomic E-state index is 13.8. The molecule has 2 heterocycles. The average Bonchev–Trinajstić information content (AvgIpc) is 3.04. The van der Waals surface area contributed by atoms with Gasteiger partial charge in [0.1, 0.15) is 11.6 Å². The lowest BCUT2D eigenvalue weighted by molar-refractivity contribution is 0.0556. The van der Waals surface area contributed by atoms with Crippen LogP contribution in [0.25, 0.3) is 0 Å². The molecular formula is C27H39F2NO2. The molecule has 5 heteroatoms. The molecule has 2 aromatic rings. The fourth-order valence-electron chi connectivity index (χ4n) is 4.33. The van der Waals surface area contributed by atoms with Gasteiger partial charge in [0, 0.05) is 30.9 Å². The summed E-state index contributed by atoms with van der Waals surface area (Å²) in [7, 11) is 1.86. The molecule has 178 valence electrons. The highest BCUT2D eigenvalue weighted by atomic mass is 19.1. The molecule has 1 unspecified atom stereocenters. The number of aryl methyl sites for hydroxylation is 1. The van der Waals surface area contributed by atoms with Crippen molar-refractivity contribution in [1.82, 2.24) is 5.32 Å². The second-order valence-electron chi connectivity index (χ2n) is 8.68. The minimum atomic E-state index is -0.145. The molecule has 0 saturated heterocycles. The Morgan fingerprint density at radius 1 is 0.969 bits per heavy atom. The first-order chi connectivity index (χ1) is 15.3. The van der Waals surface area contributed by atoms with Gasteiger partial charge in [-0.3, -0.25) is 0 Å². The van der Waals surface area contributed by atoms with Gasteiger partial charge in [0.2, 0.25) is 0 Å². The molecule has 4 rings (SSSR count). The van der Waals surface area contributed by atoms with E-state index in [1.54, 1.807) is 12.1 Å². The van der Waals surface area contributed by atoms with Crippen LogP contribution >= 0.6 is 0 Å². The second-order valence-corrected chi connectivity index (χ2v) is 8.68. The Morgan fingerprint density at radius 2 is 1.62 bits per heavy atom. The molecule has 0 radical (unpaired) electrons. The zero-order chi connectivity index (χ0) is 23.7. The fraction of sp³-hybridized carbons (Fsp3) is 0.556. The van der Waals surface area contributed by atoms with Crippen molar-refractivity contribution in [3.05, 3.63) is 70.3 Å². The molecule has 0 bridgehead atoms. The summed E-state index contributed by atoms with van der Waals surface area (Å²) in [5, 5.41) is 3.04. The Labute approximate surface area is 192 Å². The van der Waals surface area contributed by atoms with Gasteiger partial charge in [-0.2, -0.15) is 0 Å². The summed E-state index contributed by atoms with van der Waals surface area (Å²) in [6.07, 6.45) is 2.54. The van der Waals surface area contributed by atoms with E-state index in [0.29, 0.717) is 19.8 Å². The fourth-order valence-corrected chi connectivity index (χ4v) is 4.33. The highest BCUT2D eigenvalue weighted by Gasteiger charge is 2.30. The number of hydrogen-bond acceptors (Lipinski definition) is 3. The summed E-state index contributed by atoms with van der Waals surface area (Å²) >= 11 is 0. The third-order valence-electron chi connectivity index (χ3n) is 6.05. The van der Waals surface area contributed by atoms with E-state index >= 15 is 0 Å². The molecule has 0 fully saturated rings. The molecule has 1 N–H and O–H groups in total. The lowest BCUT2D eigenvalue weighted by atomic mass is 9.79. The maximum atomic E-state index is 13.8. The van der Waals surface area contributed by atoms with Crippen molar-refractivity contribution in [1.29, 1.82) is 0 Å². The minimum absolute atomic E-state index is 0.00218. The van der Waals surface area contributed by atoms with E-state index < -0.39 is 0 Å². The molecule has 0 aliphatic carbocycles. The van der Waals surface area contributed by atoms with Gasteiger partial charge >= 0.3 is 0 Å². The lowest BCUT2D eigenvalue weighted by Crippen LogP contribution is -2.20. The highest BCUT2D eigenvalue weighted by molar-refractivity contribution is 5.37. The maximum Gasteiger partial charge on any atom is 0.129 e. The van der Waals surface area contributed by atoms with Gasteiger partial charge in [-0.1, -0.05) is 52.0 Å². The Hall–Kier alpha value is -1.82. The summed E-state index contributed by atoms with van der Waals surface area (Å²) in [5.41, 5.74) is 3.66. The van der Waals surface area contributed by atoms with E-state index in [0.717, 1.165) is 41.5 Å². The first-order valence-electron chi connectivity index (χ1n) is 11.8. The molecule has 3 nitrogen and oxygen atoms in total. The number of rotatable bonds is 2. The van der Waals surface area contributed by atoms with Crippen molar-refractivity contribution < 1.29 is 18.3 Å². The summed E-state index contributed by atoms with van der Waals surface area (Å²) < 4.78 is 38.7. The summed E-state index contributed by atoms with van der Waals surface area (Å²) in [6.45, 7) is 12.3. The lowest BCUT2D eigenvalue weighted by Gasteiger charge is -2.25.